The van der Waals surface area contributed by atoms with Crippen LogP contribution in [0.3, 0.4) is 0 Å². The first-order valence-electron chi connectivity index (χ1n) is 8.55. The molecule has 25 heavy (non-hydrogen) atoms. The largest absolute Gasteiger partial charge is 0.324 e. The molecule has 130 valence electrons. The third kappa shape index (κ3) is 2.93. The minimum absolute atomic E-state index is 0.182. The van der Waals surface area contributed by atoms with Crippen molar-refractivity contribution in [2.75, 3.05) is 11.9 Å². The summed E-state index contributed by atoms with van der Waals surface area (Å²) in [6, 6.07) is 5.51. The van der Waals surface area contributed by atoms with E-state index >= 15 is 0 Å². The molecule has 1 aromatic heterocycles. The van der Waals surface area contributed by atoms with E-state index < -0.39 is 0 Å². The summed E-state index contributed by atoms with van der Waals surface area (Å²) in [5.74, 6) is -1.14. The van der Waals surface area contributed by atoms with Gasteiger partial charge in [0.15, 0.2) is 0 Å². The number of likely N-dealkylation sites (tertiary alicyclic amines) is 1. The van der Waals surface area contributed by atoms with Crippen molar-refractivity contribution < 1.29 is 14.4 Å². The van der Waals surface area contributed by atoms with Crippen LogP contribution in [0.25, 0.3) is 10.2 Å². The van der Waals surface area contributed by atoms with Crippen LogP contribution in [-0.4, -0.2) is 34.2 Å². The van der Waals surface area contributed by atoms with Gasteiger partial charge in [-0.2, -0.15) is 0 Å². The van der Waals surface area contributed by atoms with Crippen LogP contribution in [-0.2, 0) is 14.4 Å². The first-order valence-corrected chi connectivity index (χ1v) is 9.37. The quantitative estimate of drug-likeness (QED) is 0.857. The number of fused-ring (bicyclic) bond motifs is 2. The molecule has 1 saturated heterocycles. The van der Waals surface area contributed by atoms with Crippen LogP contribution in [0.15, 0.2) is 18.2 Å². The van der Waals surface area contributed by atoms with Gasteiger partial charge in [0.2, 0.25) is 17.7 Å². The van der Waals surface area contributed by atoms with Crippen LogP contribution in [0.2, 0.25) is 0 Å². The monoisotopic (exact) mass is 357 g/mol. The fourth-order valence-electron chi connectivity index (χ4n) is 3.85. The van der Waals surface area contributed by atoms with Gasteiger partial charge >= 0.3 is 0 Å². The zero-order chi connectivity index (χ0) is 17.6. The molecule has 1 aliphatic heterocycles. The maximum absolute atomic E-state index is 12.4. The fourth-order valence-corrected chi connectivity index (χ4v) is 4.71. The predicted octanol–water partition coefficient (Wildman–Crippen LogP) is 2.72. The van der Waals surface area contributed by atoms with E-state index in [1.165, 1.54) is 0 Å². The SMILES string of the molecule is Cc1nc2ccc(NC(=O)CN3C(=O)C4CCCCC4C3=O)cc2s1. The highest BCUT2D eigenvalue weighted by molar-refractivity contribution is 7.18. The molecule has 2 heterocycles. The molecule has 2 aliphatic rings. The van der Waals surface area contributed by atoms with Gasteiger partial charge in [0, 0.05) is 5.69 Å². The third-order valence-electron chi connectivity index (χ3n) is 5.01. The lowest BCUT2D eigenvalue weighted by Crippen LogP contribution is -2.38. The number of rotatable bonds is 3. The third-order valence-corrected chi connectivity index (χ3v) is 5.95. The Bertz CT molecular complexity index is 852. The molecule has 3 amide bonds. The first-order chi connectivity index (χ1) is 12.0. The molecule has 0 spiro atoms. The molecule has 1 N–H and O–H groups in total. The van der Waals surface area contributed by atoms with Gasteiger partial charge in [0.25, 0.3) is 0 Å². The van der Waals surface area contributed by atoms with Crippen molar-refractivity contribution in [3.8, 4) is 0 Å². The zero-order valence-electron chi connectivity index (χ0n) is 13.9. The summed E-state index contributed by atoms with van der Waals surface area (Å²) < 4.78 is 0.995. The fraction of sp³-hybridized carbons (Fsp3) is 0.444. The van der Waals surface area contributed by atoms with Crippen molar-refractivity contribution in [3.05, 3.63) is 23.2 Å². The number of hydrogen-bond acceptors (Lipinski definition) is 5. The Morgan fingerprint density at radius 2 is 1.92 bits per heavy atom. The number of nitrogens with zero attached hydrogens (tertiary/aromatic N) is 2. The lowest BCUT2D eigenvalue weighted by Gasteiger charge is -2.19. The van der Waals surface area contributed by atoms with Crippen LogP contribution in [0.1, 0.15) is 30.7 Å². The number of nitrogens with one attached hydrogen (secondary N) is 1. The topological polar surface area (TPSA) is 79.4 Å². The highest BCUT2D eigenvalue weighted by atomic mass is 32.1. The van der Waals surface area contributed by atoms with Crippen LogP contribution in [0.4, 0.5) is 5.69 Å². The smallest absolute Gasteiger partial charge is 0.244 e. The van der Waals surface area contributed by atoms with Gasteiger partial charge in [-0.15, -0.1) is 11.3 Å². The number of aromatic nitrogens is 1. The zero-order valence-corrected chi connectivity index (χ0v) is 14.8. The minimum atomic E-state index is -0.346. The summed E-state index contributed by atoms with van der Waals surface area (Å²) in [4.78, 5) is 42.7. The predicted molar refractivity (Wildman–Crippen MR) is 95.2 cm³/mol. The van der Waals surface area contributed by atoms with E-state index in [4.69, 9.17) is 0 Å². The number of amides is 3. The molecule has 1 aliphatic carbocycles. The number of carbonyl (C=O) groups is 3. The van der Waals surface area contributed by atoms with E-state index in [2.05, 4.69) is 10.3 Å². The van der Waals surface area contributed by atoms with E-state index in [0.29, 0.717) is 5.69 Å². The van der Waals surface area contributed by atoms with E-state index in [9.17, 15) is 14.4 Å². The molecule has 6 nitrogen and oxygen atoms in total. The van der Waals surface area contributed by atoms with E-state index in [1.807, 2.05) is 19.1 Å². The number of imide groups is 1. The van der Waals surface area contributed by atoms with Crippen LogP contribution >= 0.6 is 11.3 Å². The van der Waals surface area contributed by atoms with Crippen LogP contribution < -0.4 is 5.32 Å². The molecule has 2 aromatic rings. The number of hydrogen-bond donors (Lipinski definition) is 1. The Balaban J connectivity index is 1.46. The standard InChI is InChI=1S/C18H19N3O3S/c1-10-19-14-7-6-11(8-15(14)25-10)20-16(22)9-21-17(23)12-4-2-3-5-13(12)18(21)24/h6-8,12-13H,2-5,9H2,1H3,(H,20,22). The Morgan fingerprint density at radius 3 is 2.60 bits per heavy atom. The number of anilines is 1. The highest BCUT2D eigenvalue weighted by Crippen LogP contribution is 2.37. The van der Waals surface area contributed by atoms with Gasteiger partial charge < -0.3 is 5.32 Å². The second-order valence-electron chi connectivity index (χ2n) is 6.72. The average molecular weight is 357 g/mol. The number of aryl methyl sites for hydroxylation is 1. The van der Waals surface area contributed by atoms with Gasteiger partial charge in [0.05, 0.1) is 27.1 Å². The van der Waals surface area contributed by atoms with E-state index in [-0.39, 0.29) is 36.1 Å². The highest BCUT2D eigenvalue weighted by Gasteiger charge is 2.48. The maximum atomic E-state index is 12.4. The molecule has 1 aromatic carbocycles. The summed E-state index contributed by atoms with van der Waals surface area (Å²) in [5.41, 5.74) is 1.55. The van der Waals surface area contributed by atoms with Gasteiger partial charge in [-0.1, -0.05) is 12.8 Å². The average Bonchev–Trinajstić information content (AvgIpc) is 3.07. The van der Waals surface area contributed by atoms with Crippen molar-refractivity contribution in [1.29, 1.82) is 0 Å². The van der Waals surface area contributed by atoms with Gasteiger partial charge in [-0.05, 0) is 38.0 Å². The molecular formula is C18H19N3O3S. The van der Waals surface area contributed by atoms with Crippen LogP contribution in [0.5, 0.6) is 0 Å². The first kappa shape index (κ1) is 16.2. The molecule has 2 unspecified atom stereocenters. The Labute approximate surface area is 149 Å². The van der Waals surface area contributed by atoms with Crippen molar-refractivity contribution in [1.82, 2.24) is 9.88 Å². The maximum Gasteiger partial charge on any atom is 0.244 e. The second kappa shape index (κ2) is 6.22. The molecule has 0 radical (unpaired) electrons. The summed E-state index contributed by atoms with van der Waals surface area (Å²) in [5, 5.41) is 3.75. The van der Waals surface area contributed by atoms with Crippen molar-refractivity contribution in [3.63, 3.8) is 0 Å². The molecule has 2 fully saturated rings. The molecular weight excluding hydrogens is 338 g/mol. The Kier molecular flexibility index (Phi) is 4.03. The summed E-state index contributed by atoms with van der Waals surface area (Å²) in [6.45, 7) is 1.73. The number of benzene rings is 1. The lowest BCUT2D eigenvalue weighted by atomic mass is 9.81. The Hall–Kier alpha value is -2.28. The minimum Gasteiger partial charge on any atom is -0.324 e. The molecule has 0 bridgehead atoms. The molecule has 1 saturated carbocycles. The van der Waals surface area contributed by atoms with E-state index in [0.717, 1.165) is 45.8 Å². The normalized spacial score (nSPS) is 23.2. The lowest BCUT2D eigenvalue weighted by molar-refractivity contribution is -0.142. The van der Waals surface area contributed by atoms with Crippen molar-refractivity contribution in [2.45, 2.75) is 32.6 Å². The number of thiazole rings is 1. The number of carbonyl (C=O) groups excluding carboxylic acids is 3. The van der Waals surface area contributed by atoms with Crippen molar-refractivity contribution >= 4 is 45.0 Å². The molecule has 4 rings (SSSR count). The molecule has 7 heteroatoms. The van der Waals surface area contributed by atoms with Gasteiger partial charge in [0.1, 0.15) is 6.54 Å². The summed E-state index contributed by atoms with van der Waals surface area (Å²) in [7, 11) is 0. The summed E-state index contributed by atoms with van der Waals surface area (Å²) in [6.07, 6.45) is 3.48. The van der Waals surface area contributed by atoms with Gasteiger partial charge in [-0.25, -0.2) is 4.98 Å². The van der Waals surface area contributed by atoms with E-state index in [1.54, 1.807) is 17.4 Å². The van der Waals surface area contributed by atoms with Crippen molar-refractivity contribution in [2.24, 2.45) is 11.8 Å². The molecule has 2 atom stereocenters. The Morgan fingerprint density at radius 1 is 1.24 bits per heavy atom. The second-order valence-corrected chi connectivity index (χ2v) is 7.96. The summed E-state index contributed by atoms with van der Waals surface area (Å²) >= 11 is 1.56. The van der Waals surface area contributed by atoms with Crippen LogP contribution in [0, 0.1) is 18.8 Å². The van der Waals surface area contributed by atoms with Gasteiger partial charge in [-0.3, -0.25) is 19.3 Å².